The third-order valence-corrected chi connectivity index (χ3v) is 6.02. The Labute approximate surface area is 184 Å². The van der Waals surface area contributed by atoms with Gasteiger partial charge in [0, 0.05) is 29.9 Å². The maximum Gasteiger partial charge on any atom is 0.243 e. The van der Waals surface area contributed by atoms with E-state index in [4.69, 9.17) is 11.6 Å². The van der Waals surface area contributed by atoms with Gasteiger partial charge in [-0.2, -0.15) is 0 Å². The summed E-state index contributed by atoms with van der Waals surface area (Å²) in [4.78, 5) is 36.9. The molecule has 7 heteroatoms. The van der Waals surface area contributed by atoms with Gasteiger partial charge >= 0.3 is 0 Å². The topological polar surface area (TPSA) is 87.3 Å². The van der Waals surface area contributed by atoms with Gasteiger partial charge in [0.25, 0.3) is 0 Å². The lowest BCUT2D eigenvalue weighted by Crippen LogP contribution is -2.52. The van der Waals surface area contributed by atoms with E-state index in [1.807, 2.05) is 39.0 Å². The number of hydrogen-bond donors (Lipinski definition) is 3. The molecule has 0 aliphatic heterocycles. The molecule has 1 aromatic rings. The van der Waals surface area contributed by atoms with Crippen LogP contribution >= 0.6 is 11.6 Å². The normalized spacial score (nSPS) is 19.8. The van der Waals surface area contributed by atoms with Crippen LogP contribution in [0.4, 0.5) is 0 Å². The minimum absolute atomic E-state index is 0.0129. The average molecular weight is 436 g/mol. The maximum atomic E-state index is 12.6. The second-order valence-electron chi connectivity index (χ2n) is 8.49. The van der Waals surface area contributed by atoms with Gasteiger partial charge < -0.3 is 16.0 Å². The molecule has 30 heavy (non-hydrogen) atoms. The summed E-state index contributed by atoms with van der Waals surface area (Å²) in [6.07, 6.45) is 3.35. The highest BCUT2D eigenvalue weighted by Crippen LogP contribution is 2.25. The van der Waals surface area contributed by atoms with Crippen LogP contribution in [0.25, 0.3) is 0 Å². The number of amides is 3. The van der Waals surface area contributed by atoms with E-state index in [1.54, 1.807) is 6.92 Å². The van der Waals surface area contributed by atoms with Gasteiger partial charge in [-0.15, -0.1) is 0 Å². The lowest BCUT2D eigenvalue weighted by Gasteiger charge is -2.30. The van der Waals surface area contributed by atoms with Gasteiger partial charge in [0.1, 0.15) is 6.04 Å². The summed E-state index contributed by atoms with van der Waals surface area (Å²) in [7, 11) is 0. The molecule has 0 unspecified atom stereocenters. The molecule has 6 nitrogen and oxygen atoms in total. The SMILES string of the molecule is CCC(=O)N[C@H](C(=O)N[C@H]1CC[C@@H](C(=O)NCc2ccc(Cl)cc2C)CC1)C(C)C. The van der Waals surface area contributed by atoms with Gasteiger partial charge in [-0.25, -0.2) is 0 Å². The van der Waals surface area contributed by atoms with Gasteiger partial charge in [-0.1, -0.05) is 38.4 Å². The van der Waals surface area contributed by atoms with Crippen molar-refractivity contribution in [3.63, 3.8) is 0 Å². The van der Waals surface area contributed by atoms with Gasteiger partial charge in [0.05, 0.1) is 0 Å². The number of nitrogens with one attached hydrogen (secondary N) is 3. The molecule has 1 aromatic carbocycles. The predicted molar refractivity (Wildman–Crippen MR) is 119 cm³/mol. The van der Waals surface area contributed by atoms with E-state index in [0.717, 1.165) is 36.8 Å². The van der Waals surface area contributed by atoms with Crippen LogP contribution in [-0.4, -0.2) is 29.8 Å². The summed E-state index contributed by atoms with van der Waals surface area (Å²) in [5, 5.41) is 9.58. The number of carbonyl (C=O) groups is 3. The third kappa shape index (κ3) is 7.01. The first-order valence-corrected chi connectivity index (χ1v) is 11.2. The molecule has 1 atom stereocenters. The molecule has 1 aliphatic carbocycles. The highest BCUT2D eigenvalue weighted by molar-refractivity contribution is 6.30. The Kier molecular flexibility index (Phi) is 9.15. The van der Waals surface area contributed by atoms with Crippen molar-refractivity contribution in [2.24, 2.45) is 11.8 Å². The molecule has 166 valence electrons. The van der Waals surface area contributed by atoms with Crippen molar-refractivity contribution in [3.8, 4) is 0 Å². The number of benzene rings is 1. The summed E-state index contributed by atoms with van der Waals surface area (Å²) in [5.74, 6) is -0.229. The molecular formula is C23H34ClN3O3. The largest absolute Gasteiger partial charge is 0.352 e. The summed E-state index contributed by atoms with van der Waals surface area (Å²) >= 11 is 5.98. The highest BCUT2D eigenvalue weighted by atomic mass is 35.5. The van der Waals surface area contributed by atoms with E-state index in [9.17, 15) is 14.4 Å². The lowest BCUT2D eigenvalue weighted by molar-refractivity contribution is -0.130. The summed E-state index contributed by atoms with van der Waals surface area (Å²) in [5.41, 5.74) is 2.12. The van der Waals surface area contributed by atoms with Crippen LogP contribution in [0.15, 0.2) is 18.2 Å². The van der Waals surface area contributed by atoms with Crippen LogP contribution in [0.5, 0.6) is 0 Å². The number of aryl methyl sites for hydroxylation is 1. The summed E-state index contributed by atoms with van der Waals surface area (Å²) in [6, 6.07) is 5.18. The van der Waals surface area contributed by atoms with Crippen molar-refractivity contribution in [2.45, 2.75) is 78.4 Å². The van der Waals surface area contributed by atoms with E-state index in [0.29, 0.717) is 18.0 Å². The van der Waals surface area contributed by atoms with E-state index in [2.05, 4.69) is 16.0 Å². The van der Waals surface area contributed by atoms with Gasteiger partial charge in [-0.3, -0.25) is 14.4 Å². The first-order chi connectivity index (χ1) is 14.2. The molecule has 0 radical (unpaired) electrons. The van der Waals surface area contributed by atoms with Crippen molar-refractivity contribution < 1.29 is 14.4 Å². The quantitative estimate of drug-likeness (QED) is 0.584. The Morgan fingerprint density at radius 3 is 2.37 bits per heavy atom. The number of rotatable bonds is 8. The van der Waals surface area contributed by atoms with E-state index in [-0.39, 0.29) is 35.6 Å². The standard InChI is InChI=1S/C23H34ClN3O3/c1-5-20(28)27-21(14(2)3)23(30)26-19-10-7-16(8-11-19)22(29)25-13-17-6-9-18(24)12-15(17)4/h6,9,12,14,16,19,21H,5,7-8,10-11,13H2,1-4H3,(H,25,29)(H,26,30)(H,27,28)/t16-,19+,21-/m0/s1. The zero-order valence-electron chi connectivity index (χ0n) is 18.4. The summed E-state index contributed by atoms with van der Waals surface area (Å²) < 4.78 is 0. The minimum atomic E-state index is -0.527. The Morgan fingerprint density at radius 2 is 1.80 bits per heavy atom. The minimum Gasteiger partial charge on any atom is -0.352 e. The van der Waals surface area contributed by atoms with Crippen molar-refractivity contribution in [1.82, 2.24) is 16.0 Å². The average Bonchev–Trinajstić information content (AvgIpc) is 2.71. The van der Waals surface area contributed by atoms with Crippen LogP contribution in [0.2, 0.25) is 5.02 Å². The number of hydrogen-bond acceptors (Lipinski definition) is 3. The number of halogens is 1. The fraction of sp³-hybridized carbons (Fsp3) is 0.609. The zero-order valence-corrected chi connectivity index (χ0v) is 19.1. The van der Waals surface area contributed by atoms with E-state index < -0.39 is 6.04 Å². The molecule has 0 heterocycles. The summed E-state index contributed by atoms with van der Waals surface area (Å²) in [6.45, 7) is 8.08. The molecule has 0 bridgehead atoms. The molecule has 3 amide bonds. The first kappa shape index (κ1) is 24.2. The van der Waals surface area contributed by atoms with E-state index in [1.165, 1.54) is 0 Å². The molecular weight excluding hydrogens is 402 g/mol. The molecule has 0 aromatic heterocycles. The molecule has 1 fully saturated rings. The van der Waals surface area contributed by atoms with Crippen molar-refractivity contribution in [3.05, 3.63) is 34.3 Å². The fourth-order valence-electron chi connectivity index (χ4n) is 3.79. The molecule has 1 saturated carbocycles. The van der Waals surface area contributed by atoms with Crippen LogP contribution in [0.1, 0.15) is 64.0 Å². The van der Waals surface area contributed by atoms with Crippen molar-refractivity contribution in [2.75, 3.05) is 0 Å². The molecule has 0 spiro atoms. The van der Waals surface area contributed by atoms with Crippen LogP contribution in [0, 0.1) is 18.8 Å². The van der Waals surface area contributed by atoms with Gasteiger partial charge in [0.15, 0.2) is 0 Å². The highest BCUT2D eigenvalue weighted by Gasteiger charge is 2.30. The monoisotopic (exact) mass is 435 g/mol. The van der Waals surface area contributed by atoms with E-state index >= 15 is 0 Å². The molecule has 3 N–H and O–H groups in total. The molecule has 0 saturated heterocycles. The molecule has 1 aliphatic rings. The first-order valence-electron chi connectivity index (χ1n) is 10.8. The van der Waals surface area contributed by atoms with Crippen LogP contribution in [0.3, 0.4) is 0 Å². The lowest BCUT2D eigenvalue weighted by atomic mass is 9.85. The van der Waals surface area contributed by atoms with Gasteiger partial charge in [0.2, 0.25) is 17.7 Å². The predicted octanol–water partition coefficient (Wildman–Crippen LogP) is 3.49. The Balaban J connectivity index is 1.80. The fourth-order valence-corrected chi connectivity index (χ4v) is 4.01. The third-order valence-electron chi connectivity index (χ3n) is 5.79. The Bertz CT molecular complexity index is 758. The Morgan fingerprint density at radius 1 is 1.13 bits per heavy atom. The zero-order chi connectivity index (χ0) is 22.3. The smallest absolute Gasteiger partial charge is 0.243 e. The van der Waals surface area contributed by atoms with Crippen molar-refractivity contribution >= 4 is 29.3 Å². The van der Waals surface area contributed by atoms with Gasteiger partial charge in [-0.05, 0) is 61.8 Å². The van der Waals surface area contributed by atoms with Crippen molar-refractivity contribution in [1.29, 1.82) is 0 Å². The number of carbonyl (C=O) groups excluding carboxylic acids is 3. The second-order valence-corrected chi connectivity index (χ2v) is 8.92. The second kappa shape index (κ2) is 11.3. The van der Waals surface area contributed by atoms with Crippen LogP contribution in [-0.2, 0) is 20.9 Å². The maximum absolute atomic E-state index is 12.6. The van der Waals surface area contributed by atoms with Crippen LogP contribution < -0.4 is 16.0 Å². The Hall–Kier alpha value is -2.08. The molecule has 2 rings (SSSR count).